The second-order valence-corrected chi connectivity index (χ2v) is 6.50. The summed E-state index contributed by atoms with van der Waals surface area (Å²) in [7, 11) is 0. The molecule has 1 fully saturated rings. The number of aryl methyl sites for hydroxylation is 2. The molecule has 132 valence electrons. The number of carbonyl (C=O) groups excluding carboxylic acids is 2. The summed E-state index contributed by atoms with van der Waals surface area (Å²) in [6.45, 7) is 10.8. The lowest BCUT2D eigenvalue weighted by atomic mass is 9.96. The number of anilines is 1. The quantitative estimate of drug-likeness (QED) is 0.919. The minimum absolute atomic E-state index is 0.0210. The molecule has 2 rings (SSSR count). The Morgan fingerprint density at radius 3 is 2.29 bits per heavy atom. The second-order valence-electron chi connectivity index (χ2n) is 6.50. The van der Waals surface area contributed by atoms with E-state index >= 15 is 0 Å². The van der Waals surface area contributed by atoms with Gasteiger partial charge in [0.05, 0.1) is 0 Å². The van der Waals surface area contributed by atoms with Gasteiger partial charge in [-0.2, -0.15) is 0 Å². The molecule has 0 radical (unpaired) electrons. The van der Waals surface area contributed by atoms with Crippen molar-refractivity contribution in [3.05, 3.63) is 29.3 Å². The number of nitrogens with zero attached hydrogens (tertiary/aromatic N) is 2. The van der Waals surface area contributed by atoms with Crippen molar-refractivity contribution in [2.75, 3.05) is 31.5 Å². The second kappa shape index (κ2) is 8.18. The summed E-state index contributed by atoms with van der Waals surface area (Å²) in [5.74, 6) is 0.0422. The van der Waals surface area contributed by atoms with Gasteiger partial charge in [0, 0.05) is 37.8 Å². The summed E-state index contributed by atoms with van der Waals surface area (Å²) < 4.78 is 0. The first-order chi connectivity index (χ1) is 11.5. The summed E-state index contributed by atoms with van der Waals surface area (Å²) >= 11 is 0. The fourth-order valence-corrected chi connectivity index (χ4v) is 3.09. The molecule has 0 spiro atoms. The molecule has 1 aromatic rings. The number of rotatable bonds is 4. The number of likely N-dealkylation sites (tertiary alicyclic amines) is 1. The zero-order valence-electron chi connectivity index (χ0n) is 15.3. The first-order valence-electron chi connectivity index (χ1n) is 8.88. The topological polar surface area (TPSA) is 52.7 Å². The number of piperidine rings is 1. The highest BCUT2D eigenvalue weighted by Crippen LogP contribution is 2.21. The number of carbonyl (C=O) groups is 2. The van der Waals surface area contributed by atoms with Gasteiger partial charge in [0.15, 0.2) is 0 Å². The van der Waals surface area contributed by atoms with Crippen molar-refractivity contribution in [2.24, 2.45) is 5.92 Å². The number of amides is 3. The number of urea groups is 1. The van der Waals surface area contributed by atoms with E-state index in [4.69, 9.17) is 0 Å². The third-order valence-corrected chi connectivity index (χ3v) is 4.94. The third-order valence-electron chi connectivity index (χ3n) is 4.94. The summed E-state index contributed by atoms with van der Waals surface area (Å²) in [6.07, 6.45) is 1.45. The number of hydrogen-bond donors (Lipinski definition) is 1. The Hall–Kier alpha value is -2.04. The molecule has 0 atom stereocenters. The normalized spacial score (nSPS) is 15.2. The third kappa shape index (κ3) is 4.28. The molecule has 0 bridgehead atoms. The lowest BCUT2D eigenvalue weighted by molar-refractivity contribution is -0.121. The fourth-order valence-electron chi connectivity index (χ4n) is 3.09. The maximum absolute atomic E-state index is 12.5. The van der Waals surface area contributed by atoms with Crippen molar-refractivity contribution in [1.82, 2.24) is 9.80 Å². The van der Waals surface area contributed by atoms with Gasteiger partial charge in [0.25, 0.3) is 0 Å². The average molecular weight is 331 g/mol. The molecule has 0 unspecified atom stereocenters. The van der Waals surface area contributed by atoms with Crippen LogP contribution in [0.3, 0.4) is 0 Å². The van der Waals surface area contributed by atoms with Crippen LogP contribution >= 0.6 is 0 Å². The van der Waals surface area contributed by atoms with Crippen LogP contribution in [0.15, 0.2) is 18.2 Å². The summed E-state index contributed by atoms with van der Waals surface area (Å²) in [4.78, 5) is 28.5. The maximum Gasteiger partial charge on any atom is 0.319 e. The minimum Gasteiger partial charge on any atom is -0.326 e. The highest BCUT2D eigenvalue weighted by atomic mass is 16.2. The summed E-state index contributed by atoms with van der Waals surface area (Å²) in [5.41, 5.74) is 3.24. The largest absolute Gasteiger partial charge is 0.326 e. The molecular formula is C19H29N3O2. The predicted octanol–water partition coefficient (Wildman–Crippen LogP) is 3.42. The molecule has 1 saturated heterocycles. The van der Waals surface area contributed by atoms with E-state index < -0.39 is 0 Å². The average Bonchev–Trinajstić information content (AvgIpc) is 2.59. The van der Waals surface area contributed by atoms with Crippen molar-refractivity contribution >= 4 is 17.6 Å². The van der Waals surface area contributed by atoms with Crippen molar-refractivity contribution in [3.8, 4) is 0 Å². The van der Waals surface area contributed by atoms with Gasteiger partial charge in [0.2, 0.25) is 5.91 Å². The van der Waals surface area contributed by atoms with Crippen LogP contribution in [0, 0.1) is 19.8 Å². The monoisotopic (exact) mass is 331 g/mol. The molecular weight excluding hydrogens is 302 g/mol. The van der Waals surface area contributed by atoms with Gasteiger partial charge in [-0.1, -0.05) is 6.07 Å². The molecule has 1 aliphatic heterocycles. The number of nitrogens with one attached hydrogen (secondary N) is 1. The van der Waals surface area contributed by atoms with Crippen LogP contribution in [0.25, 0.3) is 0 Å². The molecule has 0 saturated carbocycles. The first kappa shape index (κ1) is 18.3. The van der Waals surface area contributed by atoms with Gasteiger partial charge >= 0.3 is 6.03 Å². The van der Waals surface area contributed by atoms with Gasteiger partial charge < -0.3 is 15.1 Å². The van der Waals surface area contributed by atoms with Gasteiger partial charge in [0.1, 0.15) is 0 Å². The van der Waals surface area contributed by atoms with Gasteiger partial charge in [-0.05, 0) is 63.8 Å². The molecule has 24 heavy (non-hydrogen) atoms. The summed E-state index contributed by atoms with van der Waals surface area (Å²) in [5, 5.41) is 3.02. The van der Waals surface area contributed by atoms with E-state index in [9.17, 15) is 9.59 Å². The van der Waals surface area contributed by atoms with Crippen molar-refractivity contribution < 1.29 is 9.59 Å². The number of benzene rings is 1. The standard InChI is InChI=1S/C19H29N3O2/c1-5-21(6-2)19(24)22-11-9-16(10-12-22)18(23)20-17-8-7-14(3)15(4)13-17/h7-8,13,16H,5-6,9-12H2,1-4H3,(H,20,23). The molecule has 5 nitrogen and oxygen atoms in total. The van der Waals surface area contributed by atoms with E-state index in [-0.39, 0.29) is 17.9 Å². The van der Waals surface area contributed by atoms with Gasteiger partial charge in [-0.15, -0.1) is 0 Å². The molecule has 3 amide bonds. The lowest BCUT2D eigenvalue weighted by Gasteiger charge is -2.34. The van der Waals surface area contributed by atoms with Crippen LogP contribution in [-0.4, -0.2) is 47.9 Å². The fraction of sp³-hybridized carbons (Fsp3) is 0.579. The van der Waals surface area contributed by atoms with Gasteiger partial charge in [-0.25, -0.2) is 4.79 Å². The van der Waals surface area contributed by atoms with Crippen LogP contribution in [0.4, 0.5) is 10.5 Å². The van der Waals surface area contributed by atoms with Crippen LogP contribution in [0.1, 0.15) is 37.8 Å². The van der Waals surface area contributed by atoms with E-state index in [0.717, 1.165) is 31.6 Å². The Morgan fingerprint density at radius 2 is 1.75 bits per heavy atom. The molecule has 1 N–H and O–H groups in total. The SMILES string of the molecule is CCN(CC)C(=O)N1CCC(C(=O)Nc2ccc(C)c(C)c2)CC1. The molecule has 1 aromatic carbocycles. The van der Waals surface area contributed by atoms with E-state index in [2.05, 4.69) is 12.2 Å². The summed E-state index contributed by atoms with van der Waals surface area (Å²) in [6, 6.07) is 6.06. The van der Waals surface area contributed by atoms with Crippen molar-refractivity contribution in [1.29, 1.82) is 0 Å². The zero-order valence-corrected chi connectivity index (χ0v) is 15.3. The molecule has 5 heteroatoms. The van der Waals surface area contributed by atoms with Gasteiger partial charge in [-0.3, -0.25) is 4.79 Å². The molecule has 0 aliphatic carbocycles. The molecule has 0 aromatic heterocycles. The highest BCUT2D eigenvalue weighted by Gasteiger charge is 2.28. The van der Waals surface area contributed by atoms with Crippen LogP contribution < -0.4 is 5.32 Å². The van der Waals surface area contributed by atoms with E-state index in [1.807, 2.05) is 48.8 Å². The Morgan fingerprint density at radius 1 is 1.12 bits per heavy atom. The zero-order chi connectivity index (χ0) is 17.7. The minimum atomic E-state index is -0.0210. The Bertz CT molecular complexity index is 588. The Balaban J connectivity index is 1.88. The van der Waals surface area contributed by atoms with Crippen LogP contribution in [0.2, 0.25) is 0 Å². The van der Waals surface area contributed by atoms with Crippen LogP contribution in [0.5, 0.6) is 0 Å². The molecule has 1 aliphatic rings. The molecule has 1 heterocycles. The Kier molecular flexibility index (Phi) is 6.23. The van der Waals surface area contributed by atoms with E-state index in [1.54, 1.807) is 0 Å². The lowest BCUT2D eigenvalue weighted by Crippen LogP contribution is -2.47. The first-order valence-corrected chi connectivity index (χ1v) is 8.88. The maximum atomic E-state index is 12.5. The van der Waals surface area contributed by atoms with Crippen molar-refractivity contribution in [3.63, 3.8) is 0 Å². The predicted molar refractivity (Wildman–Crippen MR) is 97.2 cm³/mol. The Labute approximate surface area is 145 Å². The van der Waals surface area contributed by atoms with E-state index in [0.29, 0.717) is 13.1 Å². The highest BCUT2D eigenvalue weighted by molar-refractivity contribution is 5.92. The van der Waals surface area contributed by atoms with Crippen LogP contribution in [-0.2, 0) is 4.79 Å². The number of hydrogen-bond acceptors (Lipinski definition) is 2. The smallest absolute Gasteiger partial charge is 0.319 e. The van der Waals surface area contributed by atoms with E-state index in [1.165, 1.54) is 11.1 Å². The van der Waals surface area contributed by atoms with Crippen molar-refractivity contribution in [2.45, 2.75) is 40.5 Å².